The molecule has 2 aromatic carbocycles. The van der Waals surface area contributed by atoms with Gasteiger partial charge in [0.1, 0.15) is 17.3 Å². The highest BCUT2D eigenvalue weighted by atomic mass is 35.5. The first-order valence-corrected chi connectivity index (χ1v) is 10.9. The van der Waals surface area contributed by atoms with Crippen LogP contribution in [0.15, 0.2) is 36.1 Å². The number of nitrogens with zero attached hydrogens (tertiary/aromatic N) is 1. The summed E-state index contributed by atoms with van der Waals surface area (Å²) in [7, 11) is 0. The Morgan fingerprint density at radius 1 is 1.38 bits per heavy atom. The van der Waals surface area contributed by atoms with Crippen molar-refractivity contribution in [1.29, 1.82) is 0 Å². The van der Waals surface area contributed by atoms with Crippen molar-refractivity contribution in [3.05, 3.63) is 63.6 Å². The summed E-state index contributed by atoms with van der Waals surface area (Å²) in [6, 6.07) is 7.18. The molecule has 168 valence electrons. The van der Waals surface area contributed by atoms with Gasteiger partial charge in [-0.25, -0.2) is 4.39 Å². The fourth-order valence-electron chi connectivity index (χ4n) is 4.10. The molecule has 1 saturated heterocycles. The van der Waals surface area contributed by atoms with E-state index in [9.17, 15) is 19.1 Å². The number of phenolic OH excluding ortho intramolecular Hbond substituents is 1. The number of phenols is 1. The minimum atomic E-state index is -0.571. The van der Waals surface area contributed by atoms with Crippen molar-refractivity contribution in [1.82, 2.24) is 4.90 Å². The molecule has 0 saturated carbocycles. The van der Waals surface area contributed by atoms with Crippen molar-refractivity contribution in [3.63, 3.8) is 0 Å². The molecule has 4 rings (SSSR count). The van der Waals surface area contributed by atoms with E-state index >= 15 is 0 Å². The number of ketones is 1. The van der Waals surface area contributed by atoms with Gasteiger partial charge in [0.05, 0.1) is 28.7 Å². The van der Waals surface area contributed by atoms with E-state index in [-0.39, 0.29) is 45.3 Å². The summed E-state index contributed by atoms with van der Waals surface area (Å²) in [4.78, 5) is 27.1. The van der Waals surface area contributed by atoms with Gasteiger partial charge >= 0.3 is 5.97 Å². The first-order valence-electron chi connectivity index (χ1n) is 10.5. The van der Waals surface area contributed by atoms with Crippen LogP contribution in [0.25, 0.3) is 6.08 Å². The molecule has 8 heteroatoms. The zero-order valence-electron chi connectivity index (χ0n) is 17.6. The molecular weight excluding hydrogens is 437 g/mol. The molecule has 1 fully saturated rings. The summed E-state index contributed by atoms with van der Waals surface area (Å²) in [5, 5.41) is 10.7. The van der Waals surface area contributed by atoms with Gasteiger partial charge in [-0.3, -0.25) is 14.5 Å². The second-order valence-electron chi connectivity index (χ2n) is 7.84. The summed E-state index contributed by atoms with van der Waals surface area (Å²) in [6.45, 7) is 3.63. The highest BCUT2D eigenvalue weighted by Crippen LogP contribution is 2.41. The first kappa shape index (κ1) is 22.3. The maximum Gasteiger partial charge on any atom is 0.310 e. The van der Waals surface area contributed by atoms with Crippen LogP contribution in [0, 0.1) is 11.7 Å². The number of esters is 1. The SMILES string of the molecule is CCOC(=O)C1CCCN(Cc2c(O)ccc3c2O/C(=C\c2c(F)cccc2Cl)C3=O)C1. The molecule has 0 radical (unpaired) electrons. The molecule has 6 nitrogen and oxygen atoms in total. The van der Waals surface area contributed by atoms with Gasteiger partial charge in [-0.1, -0.05) is 17.7 Å². The van der Waals surface area contributed by atoms with Crippen LogP contribution in [-0.2, 0) is 16.1 Å². The lowest BCUT2D eigenvalue weighted by Gasteiger charge is -2.31. The van der Waals surface area contributed by atoms with Crippen LogP contribution in [0.4, 0.5) is 4.39 Å². The molecule has 2 aliphatic heterocycles. The van der Waals surface area contributed by atoms with Gasteiger partial charge in [-0.2, -0.15) is 0 Å². The number of hydrogen-bond donors (Lipinski definition) is 1. The average molecular weight is 460 g/mol. The molecule has 2 heterocycles. The number of hydrogen-bond acceptors (Lipinski definition) is 6. The summed E-state index contributed by atoms with van der Waals surface area (Å²) in [6.07, 6.45) is 2.84. The molecule has 1 N–H and O–H groups in total. The fourth-order valence-corrected chi connectivity index (χ4v) is 4.32. The number of likely N-dealkylation sites (tertiary alicyclic amines) is 1. The third kappa shape index (κ3) is 4.36. The Labute approximate surface area is 190 Å². The predicted molar refractivity (Wildman–Crippen MR) is 117 cm³/mol. The molecule has 0 amide bonds. The highest BCUT2D eigenvalue weighted by molar-refractivity contribution is 6.32. The fraction of sp³-hybridized carbons (Fsp3) is 0.333. The molecule has 0 spiro atoms. The minimum absolute atomic E-state index is 0.0139. The van der Waals surface area contributed by atoms with E-state index < -0.39 is 11.6 Å². The third-order valence-electron chi connectivity index (χ3n) is 5.70. The number of ether oxygens (including phenoxy) is 2. The van der Waals surface area contributed by atoms with Gasteiger partial charge in [0.2, 0.25) is 5.78 Å². The molecule has 1 unspecified atom stereocenters. The van der Waals surface area contributed by atoms with Gasteiger partial charge in [-0.15, -0.1) is 0 Å². The molecule has 1 atom stereocenters. The van der Waals surface area contributed by atoms with E-state index in [1.54, 1.807) is 6.92 Å². The van der Waals surface area contributed by atoms with E-state index in [2.05, 4.69) is 0 Å². The van der Waals surface area contributed by atoms with Gasteiger partial charge in [0.15, 0.2) is 5.76 Å². The number of allylic oxidation sites excluding steroid dienone is 1. The Kier molecular flexibility index (Phi) is 6.48. The number of carbonyl (C=O) groups is 2. The maximum atomic E-state index is 14.2. The largest absolute Gasteiger partial charge is 0.507 e. The van der Waals surface area contributed by atoms with Crippen molar-refractivity contribution in [2.75, 3.05) is 19.7 Å². The molecule has 2 aromatic rings. The number of piperidine rings is 1. The molecular formula is C24H23ClFNO5. The van der Waals surface area contributed by atoms with Crippen molar-refractivity contribution in [2.24, 2.45) is 5.92 Å². The second-order valence-corrected chi connectivity index (χ2v) is 8.25. The van der Waals surface area contributed by atoms with Crippen molar-refractivity contribution >= 4 is 29.4 Å². The first-order chi connectivity index (χ1) is 15.4. The number of benzene rings is 2. The Balaban J connectivity index is 1.60. The monoisotopic (exact) mass is 459 g/mol. The summed E-state index contributed by atoms with van der Waals surface area (Å²) < 4.78 is 25.1. The van der Waals surface area contributed by atoms with E-state index in [0.717, 1.165) is 19.4 Å². The normalized spacial score (nSPS) is 19.7. The van der Waals surface area contributed by atoms with E-state index in [1.165, 1.54) is 36.4 Å². The molecule has 32 heavy (non-hydrogen) atoms. The maximum absolute atomic E-state index is 14.2. The van der Waals surface area contributed by atoms with Gasteiger partial charge in [0.25, 0.3) is 0 Å². The lowest BCUT2D eigenvalue weighted by atomic mass is 9.97. The highest BCUT2D eigenvalue weighted by Gasteiger charge is 2.33. The van der Waals surface area contributed by atoms with Crippen LogP contribution in [0.3, 0.4) is 0 Å². The number of rotatable bonds is 5. The van der Waals surface area contributed by atoms with E-state index in [1.807, 2.05) is 4.90 Å². The van der Waals surface area contributed by atoms with Crippen LogP contribution in [-0.4, -0.2) is 41.5 Å². The summed E-state index contributed by atoms with van der Waals surface area (Å²) >= 11 is 6.08. The van der Waals surface area contributed by atoms with Crippen LogP contribution in [0.2, 0.25) is 5.02 Å². The zero-order valence-corrected chi connectivity index (χ0v) is 18.3. The lowest BCUT2D eigenvalue weighted by Crippen LogP contribution is -2.39. The minimum Gasteiger partial charge on any atom is -0.507 e. The number of halogens is 2. The number of Topliss-reactive ketones (excluding diaryl/α,β-unsaturated/α-hetero) is 1. The van der Waals surface area contributed by atoms with Crippen molar-refractivity contribution in [2.45, 2.75) is 26.3 Å². The van der Waals surface area contributed by atoms with Crippen LogP contribution >= 0.6 is 11.6 Å². The Morgan fingerprint density at radius 2 is 2.19 bits per heavy atom. The Bertz CT molecular complexity index is 1080. The molecule has 2 aliphatic rings. The van der Waals surface area contributed by atoms with E-state index in [4.69, 9.17) is 21.1 Å². The third-order valence-corrected chi connectivity index (χ3v) is 6.03. The van der Waals surface area contributed by atoms with Crippen LogP contribution in [0.1, 0.15) is 41.3 Å². The molecule has 0 aromatic heterocycles. The van der Waals surface area contributed by atoms with Gasteiger partial charge in [0, 0.05) is 18.7 Å². The predicted octanol–water partition coefficient (Wildman–Crippen LogP) is 4.58. The van der Waals surface area contributed by atoms with E-state index in [0.29, 0.717) is 25.3 Å². The standard InChI is InChI=1S/C24H23ClFNO5/c1-2-31-24(30)14-5-4-10-27(12-14)13-17-20(28)9-8-15-22(29)21(32-23(15)17)11-16-18(25)6-3-7-19(16)26/h3,6-9,11,14,28H,2,4-5,10,12-13H2,1H3/b21-11-. The summed E-state index contributed by atoms with van der Waals surface area (Å²) in [5.74, 6) is -1.28. The lowest BCUT2D eigenvalue weighted by molar-refractivity contribution is -0.150. The average Bonchev–Trinajstić information content (AvgIpc) is 3.09. The Morgan fingerprint density at radius 3 is 2.94 bits per heavy atom. The number of carbonyl (C=O) groups excluding carboxylic acids is 2. The molecule has 0 aliphatic carbocycles. The van der Waals surface area contributed by atoms with Gasteiger partial charge in [-0.05, 0) is 56.7 Å². The zero-order chi connectivity index (χ0) is 22.8. The number of aromatic hydroxyl groups is 1. The van der Waals surface area contributed by atoms with Crippen LogP contribution < -0.4 is 4.74 Å². The van der Waals surface area contributed by atoms with Crippen molar-refractivity contribution < 1.29 is 28.6 Å². The smallest absolute Gasteiger partial charge is 0.310 e. The topological polar surface area (TPSA) is 76.1 Å². The Hall–Kier alpha value is -2.90. The summed E-state index contributed by atoms with van der Waals surface area (Å²) in [5.41, 5.74) is 0.795. The van der Waals surface area contributed by atoms with Gasteiger partial charge < -0.3 is 14.6 Å². The van der Waals surface area contributed by atoms with Crippen molar-refractivity contribution in [3.8, 4) is 11.5 Å². The molecule has 0 bridgehead atoms. The number of fused-ring (bicyclic) bond motifs is 1. The van der Waals surface area contributed by atoms with Crippen LogP contribution in [0.5, 0.6) is 11.5 Å². The quantitative estimate of drug-likeness (QED) is 0.521. The second kappa shape index (κ2) is 9.30.